The number of halogens is 2. The molecule has 11 heteroatoms. The second kappa shape index (κ2) is 9.08. The molecule has 5 aliphatic heterocycles. The lowest BCUT2D eigenvalue weighted by Gasteiger charge is -2.47. The van der Waals surface area contributed by atoms with E-state index in [9.17, 15) is 4.79 Å². The standard InChI is InChI=1S/C29H35ClFN5O4/c1-16-11-29(8-5-9-34(29)12-16)15-39-21-10-19-22-24(32-21)23(31)25(30)33-26(22)38-14-20-18-7-6-17(13-35(19)20)36(18)27(37)40-28(2,3)4/h10,17-18,20H,1,5-9,11-15H2,2-4H3/t17-,18+,20-,29+/m1/s1. The molecular weight excluding hydrogens is 537 g/mol. The highest BCUT2D eigenvalue weighted by Crippen LogP contribution is 2.46. The Bertz CT molecular complexity index is 1420. The molecule has 2 bridgehead atoms. The summed E-state index contributed by atoms with van der Waals surface area (Å²) in [6, 6.07) is 1.55. The Morgan fingerprint density at radius 3 is 2.92 bits per heavy atom. The molecule has 2 aromatic heterocycles. The average molecular weight is 572 g/mol. The van der Waals surface area contributed by atoms with Crippen LogP contribution in [-0.4, -0.2) is 88.0 Å². The molecule has 1 amide bonds. The van der Waals surface area contributed by atoms with Gasteiger partial charge >= 0.3 is 6.09 Å². The van der Waals surface area contributed by atoms with Gasteiger partial charge in [-0.2, -0.15) is 4.98 Å². The molecule has 0 unspecified atom stereocenters. The number of ether oxygens (including phenoxy) is 3. The van der Waals surface area contributed by atoms with Crippen LogP contribution in [0.1, 0.15) is 52.9 Å². The molecule has 4 atom stereocenters. The fourth-order valence-corrected chi connectivity index (χ4v) is 7.68. The summed E-state index contributed by atoms with van der Waals surface area (Å²) in [7, 11) is 0. The van der Waals surface area contributed by atoms with Crippen molar-refractivity contribution in [1.82, 2.24) is 19.8 Å². The van der Waals surface area contributed by atoms with E-state index in [1.54, 1.807) is 0 Å². The van der Waals surface area contributed by atoms with Crippen LogP contribution in [0.25, 0.3) is 10.9 Å². The van der Waals surface area contributed by atoms with Gasteiger partial charge < -0.3 is 19.1 Å². The zero-order valence-corrected chi connectivity index (χ0v) is 24.0. The third kappa shape index (κ3) is 4.09. The molecule has 0 radical (unpaired) electrons. The highest BCUT2D eigenvalue weighted by molar-refractivity contribution is 6.30. The maximum absolute atomic E-state index is 15.5. The van der Waals surface area contributed by atoms with Crippen molar-refractivity contribution in [1.29, 1.82) is 0 Å². The molecule has 7 heterocycles. The van der Waals surface area contributed by atoms with Gasteiger partial charge in [0.05, 0.1) is 34.7 Å². The molecule has 4 saturated heterocycles. The number of carbonyl (C=O) groups excluding carboxylic acids is 1. The van der Waals surface area contributed by atoms with Gasteiger partial charge in [-0.1, -0.05) is 23.8 Å². The summed E-state index contributed by atoms with van der Waals surface area (Å²) in [6.07, 6.45) is 4.43. The molecular formula is C29H35ClFN5O4. The highest BCUT2D eigenvalue weighted by atomic mass is 35.5. The van der Waals surface area contributed by atoms with Gasteiger partial charge in [0, 0.05) is 19.2 Å². The SMILES string of the molecule is C=C1CN2CCC[C@@]2(COc2cc3c4c(nc(Cl)c(F)c4n2)OC[C@@H]2[C@@H]4CC[C@H](CN32)N4C(=O)OC(C)(C)C)C1. The first-order valence-corrected chi connectivity index (χ1v) is 14.6. The van der Waals surface area contributed by atoms with E-state index < -0.39 is 11.4 Å². The van der Waals surface area contributed by atoms with Crippen LogP contribution in [0.2, 0.25) is 5.15 Å². The Morgan fingerprint density at radius 2 is 2.12 bits per heavy atom. The Morgan fingerprint density at radius 1 is 1.30 bits per heavy atom. The molecule has 5 aliphatic rings. The molecule has 0 aliphatic carbocycles. The van der Waals surface area contributed by atoms with Crippen molar-refractivity contribution < 1.29 is 23.4 Å². The highest BCUT2D eigenvalue weighted by Gasteiger charge is 2.51. The first-order chi connectivity index (χ1) is 19.0. The molecule has 0 saturated carbocycles. The second-order valence-corrected chi connectivity index (χ2v) is 13.3. The van der Waals surface area contributed by atoms with Gasteiger partial charge in [-0.25, -0.2) is 14.2 Å². The number of nitrogens with zero attached hydrogens (tertiary/aromatic N) is 5. The number of pyridine rings is 2. The van der Waals surface area contributed by atoms with Gasteiger partial charge in [0.2, 0.25) is 11.8 Å². The van der Waals surface area contributed by atoms with E-state index in [2.05, 4.69) is 26.3 Å². The number of anilines is 1. The van der Waals surface area contributed by atoms with Gasteiger partial charge in [0.25, 0.3) is 0 Å². The Labute approximate surface area is 238 Å². The first-order valence-electron chi connectivity index (χ1n) is 14.2. The van der Waals surface area contributed by atoms with Crippen molar-refractivity contribution in [3.05, 3.63) is 29.2 Å². The third-order valence-electron chi connectivity index (χ3n) is 9.10. The van der Waals surface area contributed by atoms with Crippen molar-refractivity contribution in [2.24, 2.45) is 0 Å². The van der Waals surface area contributed by atoms with Crippen LogP contribution in [0.5, 0.6) is 11.8 Å². The van der Waals surface area contributed by atoms with Gasteiger partial charge in [-0.05, 0) is 59.4 Å². The van der Waals surface area contributed by atoms with E-state index in [-0.39, 0.29) is 52.9 Å². The zero-order chi connectivity index (χ0) is 28.0. The molecule has 214 valence electrons. The number of fused-ring (bicyclic) bond motifs is 6. The second-order valence-electron chi connectivity index (χ2n) is 12.9. The minimum atomic E-state index is -0.695. The minimum Gasteiger partial charge on any atom is -0.476 e. The predicted octanol–water partition coefficient (Wildman–Crippen LogP) is 4.94. The zero-order valence-electron chi connectivity index (χ0n) is 23.2. The largest absolute Gasteiger partial charge is 0.476 e. The molecule has 0 aromatic carbocycles. The summed E-state index contributed by atoms with van der Waals surface area (Å²) in [6.45, 7) is 13.0. The van der Waals surface area contributed by atoms with Crippen LogP contribution >= 0.6 is 11.6 Å². The van der Waals surface area contributed by atoms with Gasteiger partial charge in [0.1, 0.15) is 24.3 Å². The van der Waals surface area contributed by atoms with Gasteiger partial charge in [-0.3, -0.25) is 9.80 Å². The molecule has 9 nitrogen and oxygen atoms in total. The number of hydrogen-bond donors (Lipinski definition) is 0. The van der Waals surface area contributed by atoms with Crippen molar-refractivity contribution in [3.63, 3.8) is 0 Å². The number of piperazine rings is 1. The fourth-order valence-electron chi connectivity index (χ4n) is 7.51. The van der Waals surface area contributed by atoms with Crippen LogP contribution in [-0.2, 0) is 4.74 Å². The van der Waals surface area contributed by atoms with Crippen LogP contribution in [0.15, 0.2) is 18.2 Å². The molecule has 4 fully saturated rings. The molecule has 7 rings (SSSR count). The number of amides is 1. The van der Waals surface area contributed by atoms with Crippen molar-refractivity contribution in [3.8, 4) is 11.8 Å². The van der Waals surface area contributed by atoms with Crippen LogP contribution in [0, 0.1) is 5.82 Å². The Balaban J connectivity index is 1.26. The Hall–Kier alpha value is -2.85. The minimum absolute atomic E-state index is 0.0363. The Kier molecular flexibility index (Phi) is 5.92. The summed E-state index contributed by atoms with van der Waals surface area (Å²) >= 11 is 6.22. The van der Waals surface area contributed by atoms with Crippen molar-refractivity contribution >= 4 is 34.3 Å². The van der Waals surface area contributed by atoms with E-state index in [1.165, 1.54) is 5.57 Å². The summed E-state index contributed by atoms with van der Waals surface area (Å²) in [4.78, 5) is 28.6. The maximum atomic E-state index is 15.5. The smallest absolute Gasteiger partial charge is 0.410 e. The lowest BCUT2D eigenvalue weighted by molar-refractivity contribution is 0.00546. The third-order valence-corrected chi connectivity index (χ3v) is 9.35. The molecule has 0 N–H and O–H groups in total. The lowest BCUT2D eigenvalue weighted by atomic mass is 9.94. The van der Waals surface area contributed by atoms with E-state index in [1.807, 2.05) is 31.7 Å². The summed E-state index contributed by atoms with van der Waals surface area (Å²) in [5, 5.41) is 0.194. The maximum Gasteiger partial charge on any atom is 0.410 e. The number of hydrogen-bond acceptors (Lipinski definition) is 8. The molecule has 0 spiro atoms. The van der Waals surface area contributed by atoms with Gasteiger partial charge in [-0.15, -0.1) is 0 Å². The van der Waals surface area contributed by atoms with E-state index in [0.29, 0.717) is 24.4 Å². The fraction of sp³-hybridized carbons (Fsp3) is 0.621. The van der Waals surface area contributed by atoms with E-state index in [0.717, 1.165) is 50.9 Å². The molecule has 40 heavy (non-hydrogen) atoms. The first kappa shape index (κ1) is 26.1. The predicted molar refractivity (Wildman–Crippen MR) is 149 cm³/mol. The van der Waals surface area contributed by atoms with E-state index in [4.69, 9.17) is 25.8 Å². The quantitative estimate of drug-likeness (QED) is 0.378. The van der Waals surface area contributed by atoms with Gasteiger partial charge in [0.15, 0.2) is 11.0 Å². The van der Waals surface area contributed by atoms with Crippen molar-refractivity contribution in [2.45, 2.75) is 82.1 Å². The van der Waals surface area contributed by atoms with Crippen molar-refractivity contribution in [2.75, 3.05) is 37.7 Å². The molecule has 2 aromatic rings. The normalized spacial score (nSPS) is 29.3. The van der Waals surface area contributed by atoms with Crippen LogP contribution < -0.4 is 14.4 Å². The topological polar surface area (TPSA) is 80.3 Å². The summed E-state index contributed by atoms with van der Waals surface area (Å²) in [5.41, 5.74) is 1.37. The lowest BCUT2D eigenvalue weighted by Crippen LogP contribution is -2.63. The van der Waals surface area contributed by atoms with Crippen LogP contribution in [0.4, 0.5) is 14.9 Å². The summed E-state index contributed by atoms with van der Waals surface area (Å²) in [5.74, 6) is -0.104. The van der Waals surface area contributed by atoms with E-state index >= 15 is 4.39 Å². The number of aromatic nitrogens is 2. The number of carbonyl (C=O) groups is 1. The average Bonchev–Trinajstić information content (AvgIpc) is 3.48. The van der Waals surface area contributed by atoms with Crippen LogP contribution in [0.3, 0.4) is 0 Å². The number of rotatable bonds is 3. The summed E-state index contributed by atoms with van der Waals surface area (Å²) < 4.78 is 33.8. The monoisotopic (exact) mass is 571 g/mol.